The molecule has 0 aliphatic heterocycles. The van der Waals surface area contributed by atoms with Crippen molar-refractivity contribution in [3.8, 4) is 0 Å². The van der Waals surface area contributed by atoms with Crippen molar-refractivity contribution in [3.63, 3.8) is 0 Å². The predicted octanol–water partition coefficient (Wildman–Crippen LogP) is 3.94. The van der Waals surface area contributed by atoms with Crippen LogP contribution in [0.1, 0.15) is 23.5 Å². The van der Waals surface area contributed by atoms with E-state index in [0.29, 0.717) is 18.0 Å². The van der Waals surface area contributed by atoms with Crippen LogP contribution in [0.3, 0.4) is 0 Å². The smallest absolute Gasteiger partial charge is 0.313 e. The van der Waals surface area contributed by atoms with E-state index in [4.69, 9.17) is 22.1 Å². The van der Waals surface area contributed by atoms with E-state index in [1.54, 1.807) is 12.1 Å². The van der Waals surface area contributed by atoms with E-state index < -0.39 is 0 Å². The molecule has 2 rings (SSSR count). The Kier molecular flexibility index (Phi) is 7.96. The molecule has 0 radical (unpaired) electrons. The van der Waals surface area contributed by atoms with Crippen LogP contribution < -0.4 is 5.73 Å². The molecule has 0 saturated heterocycles. The minimum absolute atomic E-state index is 0. The lowest BCUT2D eigenvalue weighted by molar-refractivity contribution is -0.147. The number of carbonyl (C=O) groups is 1. The fourth-order valence-corrected chi connectivity index (χ4v) is 2.24. The third-order valence-electron chi connectivity index (χ3n) is 3.24. The number of hydrogen-bond donors (Lipinski definition) is 1. The molecular formula is C17H19Cl2NO2. The van der Waals surface area contributed by atoms with Gasteiger partial charge in [-0.2, -0.15) is 0 Å². The van der Waals surface area contributed by atoms with E-state index in [1.165, 1.54) is 0 Å². The molecular weight excluding hydrogens is 321 g/mol. The van der Waals surface area contributed by atoms with Crippen LogP contribution in [-0.2, 0) is 16.1 Å². The Morgan fingerprint density at radius 1 is 1.09 bits per heavy atom. The molecule has 2 aromatic carbocycles. The van der Waals surface area contributed by atoms with E-state index in [0.717, 1.165) is 11.1 Å². The first-order chi connectivity index (χ1) is 10.2. The monoisotopic (exact) mass is 339 g/mol. The Bertz CT molecular complexity index is 573. The maximum atomic E-state index is 12.3. The highest BCUT2D eigenvalue weighted by Crippen LogP contribution is 2.23. The van der Waals surface area contributed by atoms with E-state index in [-0.39, 0.29) is 30.9 Å². The second-order valence-corrected chi connectivity index (χ2v) is 5.21. The van der Waals surface area contributed by atoms with Crippen LogP contribution in [0.25, 0.3) is 0 Å². The molecule has 0 saturated carbocycles. The summed E-state index contributed by atoms with van der Waals surface area (Å²) in [4.78, 5) is 12.3. The van der Waals surface area contributed by atoms with Crippen molar-refractivity contribution in [1.29, 1.82) is 0 Å². The highest BCUT2D eigenvalue weighted by molar-refractivity contribution is 6.30. The summed E-state index contributed by atoms with van der Waals surface area (Å²) in [7, 11) is 0. The molecule has 0 spiro atoms. The number of carbonyl (C=O) groups excluding carboxylic acids is 1. The van der Waals surface area contributed by atoms with Crippen LogP contribution in [0.15, 0.2) is 54.6 Å². The molecule has 0 amide bonds. The first-order valence-electron chi connectivity index (χ1n) is 6.87. The fraction of sp³-hybridized carbons (Fsp3) is 0.235. The normalized spacial score (nSPS) is 11.4. The molecule has 1 atom stereocenters. The molecule has 2 N–H and O–H groups in total. The van der Waals surface area contributed by atoms with Crippen molar-refractivity contribution in [2.75, 3.05) is 6.54 Å². The molecule has 0 aromatic heterocycles. The minimum Gasteiger partial charge on any atom is -0.460 e. The molecule has 0 aliphatic carbocycles. The van der Waals surface area contributed by atoms with Crippen LogP contribution in [0.2, 0.25) is 5.02 Å². The Morgan fingerprint density at radius 2 is 1.73 bits per heavy atom. The summed E-state index contributed by atoms with van der Waals surface area (Å²) in [6.45, 7) is 0.696. The Balaban J connectivity index is 0.00000242. The van der Waals surface area contributed by atoms with Crippen molar-refractivity contribution in [2.45, 2.75) is 18.9 Å². The Labute approximate surface area is 141 Å². The fourth-order valence-electron chi connectivity index (χ4n) is 2.11. The summed E-state index contributed by atoms with van der Waals surface area (Å²) in [6.07, 6.45) is 0.551. The van der Waals surface area contributed by atoms with Crippen molar-refractivity contribution >= 4 is 30.0 Å². The Hall–Kier alpha value is -1.55. The summed E-state index contributed by atoms with van der Waals surface area (Å²) in [5.41, 5.74) is 7.45. The van der Waals surface area contributed by atoms with Gasteiger partial charge in [0.25, 0.3) is 0 Å². The SMILES string of the molecule is Cl.NCCC(C(=O)OCc1ccccc1)c1ccc(Cl)cc1. The van der Waals surface area contributed by atoms with E-state index in [9.17, 15) is 4.79 Å². The number of rotatable bonds is 6. The average molecular weight is 340 g/mol. The zero-order valence-corrected chi connectivity index (χ0v) is 13.6. The summed E-state index contributed by atoms with van der Waals surface area (Å²) in [6, 6.07) is 16.8. The van der Waals surface area contributed by atoms with Crippen LogP contribution in [-0.4, -0.2) is 12.5 Å². The molecule has 22 heavy (non-hydrogen) atoms. The van der Waals surface area contributed by atoms with Gasteiger partial charge in [0, 0.05) is 5.02 Å². The van der Waals surface area contributed by atoms with Gasteiger partial charge in [-0.25, -0.2) is 0 Å². The third-order valence-corrected chi connectivity index (χ3v) is 3.49. The zero-order chi connectivity index (χ0) is 15.1. The summed E-state index contributed by atoms with van der Waals surface area (Å²) in [5.74, 6) is -0.609. The van der Waals surface area contributed by atoms with Gasteiger partial charge in [0.05, 0.1) is 5.92 Å². The van der Waals surface area contributed by atoms with Crippen LogP contribution in [0, 0.1) is 0 Å². The van der Waals surface area contributed by atoms with Gasteiger partial charge in [0.1, 0.15) is 6.61 Å². The number of ether oxygens (including phenoxy) is 1. The molecule has 3 nitrogen and oxygen atoms in total. The van der Waals surface area contributed by atoms with E-state index in [1.807, 2.05) is 42.5 Å². The number of hydrogen-bond acceptors (Lipinski definition) is 3. The van der Waals surface area contributed by atoms with Crippen molar-refractivity contribution < 1.29 is 9.53 Å². The third kappa shape index (κ3) is 5.34. The summed E-state index contributed by atoms with van der Waals surface area (Å²) >= 11 is 5.87. The quantitative estimate of drug-likeness (QED) is 0.811. The molecule has 0 aliphatic rings. The average Bonchev–Trinajstić information content (AvgIpc) is 2.52. The van der Waals surface area contributed by atoms with Crippen molar-refractivity contribution in [2.24, 2.45) is 5.73 Å². The largest absolute Gasteiger partial charge is 0.460 e. The van der Waals surface area contributed by atoms with Crippen LogP contribution >= 0.6 is 24.0 Å². The molecule has 1 unspecified atom stereocenters. The maximum Gasteiger partial charge on any atom is 0.313 e. The van der Waals surface area contributed by atoms with Gasteiger partial charge in [0.2, 0.25) is 0 Å². The first kappa shape index (κ1) is 18.5. The second kappa shape index (κ2) is 9.46. The van der Waals surface area contributed by atoms with Crippen LogP contribution in [0.4, 0.5) is 0 Å². The van der Waals surface area contributed by atoms with Gasteiger partial charge in [-0.05, 0) is 36.2 Å². The highest BCUT2D eigenvalue weighted by atomic mass is 35.5. The molecule has 0 fully saturated rings. The van der Waals surface area contributed by atoms with Gasteiger partial charge in [-0.15, -0.1) is 12.4 Å². The number of halogens is 2. The zero-order valence-electron chi connectivity index (χ0n) is 12.1. The molecule has 5 heteroatoms. The lowest BCUT2D eigenvalue weighted by atomic mass is 9.96. The maximum absolute atomic E-state index is 12.3. The lowest BCUT2D eigenvalue weighted by Gasteiger charge is -2.16. The van der Waals surface area contributed by atoms with Gasteiger partial charge in [0.15, 0.2) is 0 Å². The van der Waals surface area contributed by atoms with Gasteiger partial charge < -0.3 is 10.5 Å². The van der Waals surface area contributed by atoms with Crippen molar-refractivity contribution in [3.05, 3.63) is 70.7 Å². The van der Waals surface area contributed by atoms with E-state index in [2.05, 4.69) is 0 Å². The topological polar surface area (TPSA) is 52.3 Å². The molecule has 0 heterocycles. The second-order valence-electron chi connectivity index (χ2n) is 4.77. The number of nitrogens with two attached hydrogens (primary N) is 1. The standard InChI is InChI=1S/C17H18ClNO2.ClH/c18-15-8-6-14(7-9-15)16(10-11-19)17(20)21-12-13-4-2-1-3-5-13;/h1-9,16H,10-12,19H2;1H. The predicted molar refractivity (Wildman–Crippen MR) is 91.4 cm³/mol. The van der Waals surface area contributed by atoms with Gasteiger partial charge >= 0.3 is 5.97 Å². The molecule has 2 aromatic rings. The van der Waals surface area contributed by atoms with Crippen LogP contribution in [0.5, 0.6) is 0 Å². The summed E-state index contributed by atoms with van der Waals surface area (Å²) < 4.78 is 5.40. The molecule has 0 bridgehead atoms. The summed E-state index contributed by atoms with van der Waals surface area (Å²) in [5, 5.41) is 0.642. The van der Waals surface area contributed by atoms with Crippen molar-refractivity contribution in [1.82, 2.24) is 0 Å². The first-order valence-corrected chi connectivity index (χ1v) is 7.24. The van der Waals surface area contributed by atoms with E-state index >= 15 is 0 Å². The number of benzene rings is 2. The van der Waals surface area contributed by atoms with Gasteiger partial charge in [-0.3, -0.25) is 4.79 Å². The minimum atomic E-state index is -0.351. The van der Waals surface area contributed by atoms with Gasteiger partial charge in [-0.1, -0.05) is 54.1 Å². The Morgan fingerprint density at radius 3 is 2.32 bits per heavy atom. The highest BCUT2D eigenvalue weighted by Gasteiger charge is 2.21. The molecule has 118 valence electrons. The lowest BCUT2D eigenvalue weighted by Crippen LogP contribution is -2.19. The number of esters is 1.